The van der Waals surface area contributed by atoms with Gasteiger partial charge in [0.15, 0.2) is 0 Å². The topological polar surface area (TPSA) is 29.5 Å². The van der Waals surface area contributed by atoms with E-state index in [1.54, 1.807) is 12.1 Å². The maximum absolute atomic E-state index is 14.0. The first kappa shape index (κ1) is 14.8. The molecular weight excluding hydrogens is 343 g/mol. The molecule has 2 heterocycles. The number of hydrogen-bond acceptors (Lipinski definition) is 3. The summed E-state index contributed by atoms with van der Waals surface area (Å²) in [6.45, 7) is 0.667. The second-order valence-corrected chi connectivity index (χ2v) is 7.72. The summed E-state index contributed by atoms with van der Waals surface area (Å²) in [4.78, 5) is 0. The maximum atomic E-state index is 14.0. The highest BCUT2D eigenvalue weighted by Crippen LogP contribution is 2.44. The number of benzene rings is 1. The molecule has 110 valence electrons. The van der Waals surface area contributed by atoms with Crippen LogP contribution >= 0.6 is 27.7 Å². The van der Waals surface area contributed by atoms with Crippen LogP contribution in [0.15, 0.2) is 22.7 Å². The van der Waals surface area contributed by atoms with E-state index in [-0.39, 0.29) is 17.3 Å². The lowest BCUT2D eigenvalue weighted by molar-refractivity contribution is -0.102. The van der Waals surface area contributed by atoms with Crippen LogP contribution in [0.4, 0.5) is 4.39 Å². The van der Waals surface area contributed by atoms with Crippen molar-refractivity contribution in [2.75, 3.05) is 18.1 Å². The van der Waals surface area contributed by atoms with Crippen molar-refractivity contribution in [1.82, 2.24) is 0 Å². The van der Waals surface area contributed by atoms with Gasteiger partial charge in [-0.25, -0.2) is 4.39 Å². The summed E-state index contributed by atoms with van der Waals surface area (Å²) in [6, 6.07) is 4.87. The number of aliphatic hydroxyl groups is 1. The molecule has 1 N–H and O–H groups in total. The molecule has 0 radical (unpaired) electrons. The Morgan fingerprint density at radius 1 is 1.50 bits per heavy atom. The van der Waals surface area contributed by atoms with Crippen LogP contribution in [0.1, 0.15) is 30.9 Å². The molecule has 2 saturated heterocycles. The van der Waals surface area contributed by atoms with Crippen molar-refractivity contribution in [3.8, 4) is 0 Å². The highest BCUT2D eigenvalue weighted by Gasteiger charge is 2.42. The van der Waals surface area contributed by atoms with Gasteiger partial charge >= 0.3 is 0 Å². The SMILES string of the molecule is OC(c1ccc(Br)cc1F)C1CCOC2(CCSC2)C1. The summed E-state index contributed by atoms with van der Waals surface area (Å²) in [6.07, 6.45) is 1.93. The monoisotopic (exact) mass is 360 g/mol. The molecule has 2 fully saturated rings. The predicted octanol–water partition coefficient (Wildman–Crippen LogP) is 3.92. The van der Waals surface area contributed by atoms with Crippen molar-refractivity contribution in [3.63, 3.8) is 0 Å². The Morgan fingerprint density at radius 2 is 2.35 bits per heavy atom. The lowest BCUT2D eigenvalue weighted by Crippen LogP contribution is -2.41. The third-order valence-electron chi connectivity index (χ3n) is 4.33. The van der Waals surface area contributed by atoms with Crippen LogP contribution in [0.3, 0.4) is 0 Å². The normalized spacial score (nSPS) is 31.6. The third-order valence-corrected chi connectivity index (χ3v) is 6.04. The Labute approximate surface area is 131 Å². The number of rotatable bonds is 2. The van der Waals surface area contributed by atoms with Crippen molar-refractivity contribution in [3.05, 3.63) is 34.1 Å². The Bertz CT molecular complexity index is 491. The molecule has 0 amide bonds. The summed E-state index contributed by atoms with van der Waals surface area (Å²) in [7, 11) is 0. The minimum Gasteiger partial charge on any atom is -0.388 e. The van der Waals surface area contributed by atoms with Crippen LogP contribution in [0.2, 0.25) is 0 Å². The molecule has 0 saturated carbocycles. The quantitative estimate of drug-likeness (QED) is 0.866. The van der Waals surface area contributed by atoms with E-state index in [4.69, 9.17) is 4.74 Å². The minimum atomic E-state index is -0.741. The number of thioether (sulfide) groups is 1. The molecule has 5 heteroatoms. The zero-order valence-electron chi connectivity index (χ0n) is 11.1. The van der Waals surface area contributed by atoms with E-state index in [1.165, 1.54) is 6.07 Å². The van der Waals surface area contributed by atoms with Crippen LogP contribution < -0.4 is 0 Å². The van der Waals surface area contributed by atoms with Gasteiger partial charge in [-0.05, 0) is 43.1 Å². The molecule has 1 spiro atoms. The van der Waals surface area contributed by atoms with Gasteiger partial charge < -0.3 is 9.84 Å². The third kappa shape index (κ3) is 2.91. The van der Waals surface area contributed by atoms with E-state index in [0.717, 1.165) is 30.8 Å². The molecule has 2 aliphatic heterocycles. The molecule has 1 aromatic carbocycles. The van der Waals surface area contributed by atoms with E-state index < -0.39 is 6.10 Å². The fraction of sp³-hybridized carbons (Fsp3) is 0.600. The molecule has 3 unspecified atom stereocenters. The van der Waals surface area contributed by atoms with Gasteiger partial charge in [-0.15, -0.1) is 0 Å². The lowest BCUT2D eigenvalue weighted by atomic mass is 9.80. The van der Waals surface area contributed by atoms with Gasteiger partial charge in [0.1, 0.15) is 5.82 Å². The van der Waals surface area contributed by atoms with Crippen LogP contribution in [-0.2, 0) is 4.74 Å². The average Bonchev–Trinajstić information content (AvgIpc) is 2.86. The molecule has 0 aromatic heterocycles. The van der Waals surface area contributed by atoms with Gasteiger partial charge in [0.05, 0.1) is 11.7 Å². The van der Waals surface area contributed by atoms with Crippen molar-refractivity contribution in [1.29, 1.82) is 0 Å². The molecule has 3 rings (SSSR count). The van der Waals surface area contributed by atoms with Crippen molar-refractivity contribution < 1.29 is 14.2 Å². The lowest BCUT2D eigenvalue weighted by Gasteiger charge is -2.39. The van der Waals surface area contributed by atoms with Gasteiger partial charge in [0, 0.05) is 22.4 Å². The summed E-state index contributed by atoms with van der Waals surface area (Å²) >= 11 is 5.15. The highest BCUT2D eigenvalue weighted by molar-refractivity contribution is 9.10. The molecule has 0 aliphatic carbocycles. The Kier molecular flexibility index (Phi) is 4.41. The van der Waals surface area contributed by atoms with E-state index in [2.05, 4.69) is 15.9 Å². The zero-order chi connectivity index (χ0) is 14.2. The highest BCUT2D eigenvalue weighted by atomic mass is 79.9. The van der Waals surface area contributed by atoms with E-state index in [1.807, 2.05) is 11.8 Å². The number of halogens is 2. The minimum absolute atomic E-state index is 0.0816. The zero-order valence-corrected chi connectivity index (χ0v) is 13.6. The second kappa shape index (κ2) is 5.95. The summed E-state index contributed by atoms with van der Waals surface area (Å²) in [5.41, 5.74) is 0.321. The van der Waals surface area contributed by atoms with E-state index in [0.29, 0.717) is 16.6 Å². The first-order chi connectivity index (χ1) is 9.60. The summed E-state index contributed by atoms with van der Waals surface area (Å²) < 4.78 is 20.7. The average molecular weight is 361 g/mol. The Balaban J connectivity index is 1.77. The van der Waals surface area contributed by atoms with Crippen molar-refractivity contribution in [2.24, 2.45) is 5.92 Å². The summed E-state index contributed by atoms with van der Waals surface area (Å²) in [5, 5.41) is 10.5. The molecule has 0 bridgehead atoms. The second-order valence-electron chi connectivity index (χ2n) is 5.70. The fourth-order valence-electron chi connectivity index (χ4n) is 3.19. The van der Waals surface area contributed by atoms with Gasteiger partial charge in [0.2, 0.25) is 0 Å². The molecule has 2 aliphatic rings. The van der Waals surface area contributed by atoms with Gasteiger partial charge in [-0.3, -0.25) is 0 Å². The predicted molar refractivity (Wildman–Crippen MR) is 82.4 cm³/mol. The van der Waals surface area contributed by atoms with Gasteiger partial charge in [-0.1, -0.05) is 22.0 Å². The van der Waals surface area contributed by atoms with Gasteiger partial charge in [0.25, 0.3) is 0 Å². The van der Waals surface area contributed by atoms with Crippen LogP contribution in [0, 0.1) is 11.7 Å². The van der Waals surface area contributed by atoms with Gasteiger partial charge in [-0.2, -0.15) is 11.8 Å². The summed E-state index contributed by atoms with van der Waals surface area (Å²) in [5.74, 6) is 1.86. The van der Waals surface area contributed by atoms with Crippen LogP contribution in [0.25, 0.3) is 0 Å². The van der Waals surface area contributed by atoms with Crippen LogP contribution in [0.5, 0.6) is 0 Å². The largest absolute Gasteiger partial charge is 0.388 e. The van der Waals surface area contributed by atoms with Crippen molar-refractivity contribution in [2.45, 2.75) is 31.0 Å². The smallest absolute Gasteiger partial charge is 0.130 e. The van der Waals surface area contributed by atoms with E-state index >= 15 is 0 Å². The Morgan fingerprint density at radius 3 is 3.05 bits per heavy atom. The maximum Gasteiger partial charge on any atom is 0.130 e. The standard InChI is InChI=1S/C15H18BrFO2S/c16-11-1-2-12(13(17)7-11)14(18)10-3-5-19-15(8-10)4-6-20-9-15/h1-2,7,10,14,18H,3-6,8-9H2. The Hall–Kier alpha value is -0.100. The van der Waals surface area contributed by atoms with E-state index in [9.17, 15) is 9.50 Å². The number of aliphatic hydroxyl groups excluding tert-OH is 1. The molecular formula is C15H18BrFO2S. The molecule has 2 nitrogen and oxygen atoms in total. The first-order valence-corrected chi connectivity index (χ1v) is 8.89. The van der Waals surface area contributed by atoms with Crippen LogP contribution in [-0.4, -0.2) is 28.8 Å². The van der Waals surface area contributed by atoms with Crippen molar-refractivity contribution >= 4 is 27.7 Å². The number of ether oxygens (including phenoxy) is 1. The molecule has 3 atom stereocenters. The molecule has 1 aromatic rings. The number of hydrogen-bond donors (Lipinski definition) is 1. The first-order valence-electron chi connectivity index (χ1n) is 6.94. The molecule has 20 heavy (non-hydrogen) atoms. The fourth-order valence-corrected chi connectivity index (χ4v) is 4.91.